The molecule has 1 fully saturated rings. The van der Waals surface area contributed by atoms with Crippen LogP contribution in [0.1, 0.15) is 65.7 Å². The second kappa shape index (κ2) is 7.41. The fraction of sp³-hybridized carbons (Fsp3) is 0.435. The maximum atomic E-state index is 12.8. The maximum Gasteiger partial charge on any atom is 0.256 e. The lowest BCUT2D eigenvalue weighted by molar-refractivity contribution is -0.133. The van der Waals surface area contributed by atoms with Crippen LogP contribution < -0.4 is 4.74 Å². The van der Waals surface area contributed by atoms with E-state index in [1.165, 1.54) is 5.56 Å². The van der Waals surface area contributed by atoms with Gasteiger partial charge in [-0.05, 0) is 35.6 Å². The lowest BCUT2D eigenvalue weighted by Crippen LogP contribution is -2.44. The van der Waals surface area contributed by atoms with E-state index in [0.29, 0.717) is 31.6 Å². The lowest BCUT2D eigenvalue weighted by Gasteiger charge is -2.29. The quantitative estimate of drug-likeness (QED) is 0.705. The first-order chi connectivity index (χ1) is 13.7. The molecule has 2 aromatic rings. The number of carbonyl (C=O) groups is 3. The number of carbonyl (C=O) groups excluding carboxylic acids is 3. The van der Waals surface area contributed by atoms with Gasteiger partial charge in [-0.15, -0.1) is 11.3 Å². The Morgan fingerprint density at radius 3 is 2.48 bits per heavy atom. The van der Waals surface area contributed by atoms with Crippen LogP contribution in [0.3, 0.4) is 0 Å². The number of hydrogen-bond acceptors (Lipinski definition) is 5. The normalized spacial score (nSPS) is 19.6. The van der Waals surface area contributed by atoms with Crippen molar-refractivity contribution in [2.75, 3.05) is 0 Å². The highest BCUT2D eigenvalue weighted by Gasteiger charge is 2.39. The van der Waals surface area contributed by atoms with Crippen LogP contribution in [0, 0.1) is 0 Å². The molecule has 0 unspecified atom stereocenters. The van der Waals surface area contributed by atoms with Crippen molar-refractivity contribution in [2.24, 2.45) is 0 Å². The van der Waals surface area contributed by atoms with E-state index in [4.69, 9.17) is 4.74 Å². The zero-order chi connectivity index (χ0) is 20.8. The van der Waals surface area contributed by atoms with E-state index in [1.54, 1.807) is 16.2 Å². The van der Waals surface area contributed by atoms with Gasteiger partial charge in [0.1, 0.15) is 18.1 Å². The Bertz CT molecular complexity index is 968. The highest BCUT2D eigenvalue weighted by molar-refractivity contribution is 7.12. The van der Waals surface area contributed by atoms with Crippen LogP contribution in [-0.4, -0.2) is 28.4 Å². The number of ether oxygens (including phenoxy) is 1. The molecule has 2 aliphatic rings. The van der Waals surface area contributed by atoms with Crippen molar-refractivity contribution in [1.82, 2.24) is 4.90 Å². The van der Waals surface area contributed by atoms with Crippen LogP contribution >= 0.6 is 11.3 Å². The van der Waals surface area contributed by atoms with Gasteiger partial charge in [-0.2, -0.15) is 0 Å². The Balaban J connectivity index is 1.39. The second-order valence-electron chi connectivity index (χ2n) is 8.78. The Labute approximate surface area is 174 Å². The third kappa shape index (κ3) is 3.99. The summed E-state index contributed by atoms with van der Waals surface area (Å²) in [5.74, 6) is 0.538. The molecule has 29 heavy (non-hydrogen) atoms. The molecule has 6 heteroatoms. The fourth-order valence-corrected chi connectivity index (χ4v) is 4.95. The molecule has 152 valence electrons. The molecular weight excluding hydrogens is 386 g/mol. The second-order valence-corrected chi connectivity index (χ2v) is 10.0. The van der Waals surface area contributed by atoms with Crippen LogP contribution in [0.2, 0.25) is 0 Å². The van der Waals surface area contributed by atoms with Gasteiger partial charge < -0.3 is 9.64 Å². The average Bonchev–Trinajstić information content (AvgIpc) is 3.19. The summed E-state index contributed by atoms with van der Waals surface area (Å²) in [4.78, 5) is 40.0. The SMILES string of the molecule is CC(C)(C)c1ccc(OCc2cc3c(s2)CN([C@H]2CCC(=O)CC2=O)C3=O)cc1. The number of fused-ring (bicyclic) bond motifs is 1. The Kier molecular flexibility index (Phi) is 5.07. The molecule has 0 N–H and O–H groups in total. The van der Waals surface area contributed by atoms with E-state index in [1.807, 2.05) is 18.2 Å². The summed E-state index contributed by atoms with van der Waals surface area (Å²) in [7, 11) is 0. The van der Waals surface area contributed by atoms with Gasteiger partial charge in [0.15, 0.2) is 5.78 Å². The zero-order valence-electron chi connectivity index (χ0n) is 17.0. The lowest BCUT2D eigenvalue weighted by atomic mass is 9.87. The van der Waals surface area contributed by atoms with Crippen LogP contribution in [0.5, 0.6) is 5.75 Å². The van der Waals surface area contributed by atoms with Gasteiger partial charge in [0.05, 0.1) is 24.6 Å². The molecule has 2 heterocycles. The minimum absolute atomic E-state index is 0.0253. The van der Waals surface area contributed by atoms with E-state index >= 15 is 0 Å². The summed E-state index contributed by atoms with van der Waals surface area (Å²) in [5.41, 5.74) is 2.03. The topological polar surface area (TPSA) is 63.7 Å². The molecule has 0 spiro atoms. The van der Waals surface area contributed by atoms with Crippen molar-refractivity contribution < 1.29 is 19.1 Å². The number of Topliss-reactive ketones (excluding diaryl/α,β-unsaturated/α-hetero) is 2. The number of benzene rings is 1. The minimum Gasteiger partial charge on any atom is -0.488 e. The number of rotatable bonds is 4. The maximum absolute atomic E-state index is 12.8. The minimum atomic E-state index is -0.458. The average molecular weight is 412 g/mol. The standard InChI is InChI=1S/C23H25NO4S/c1-23(2,3)14-4-7-16(8-5-14)28-13-17-11-18-21(29-17)12-24(22(18)27)19-9-6-15(25)10-20(19)26/h4-5,7-8,11,19H,6,9-10,12-13H2,1-3H3/t19-/m0/s1. The Hall–Kier alpha value is -2.47. The molecular formula is C23H25NO4S. The molecule has 0 saturated heterocycles. The summed E-state index contributed by atoms with van der Waals surface area (Å²) in [6, 6.07) is 9.54. The van der Waals surface area contributed by atoms with E-state index < -0.39 is 6.04 Å². The summed E-state index contributed by atoms with van der Waals surface area (Å²) in [6.45, 7) is 7.39. The largest absolute Gasteiger partial charge is 0.488 e. The van der Waals surface area contributed by atoms with Gasteiger partial charge in [-0.3, -0.25) is 14.4 Å². The molecule has 1 aliphatic heterocycles. The molecule has 0 radical (unpaired) electrons. The van der Waals surface area contributed by atoms with Crippen molar-refractivity contribution >= 4 is 28.8 Å². The molecule has 0 bridgehead atoms. The monoisotopic (exact) mass is 411 g/mol. The van der Waals surface area contributed by atoms with E-state index in [0.717, 1.165) is 15.5 Å². The number of amides is 1. The molecule has 4 rings (SSSR count). The van der Waals surface area contributed by atoms with Crippen LogP contribution in [0.4, 0.5) is 0 Å². The van der Waals surface area contributed by atoms with Crippen molar-refractivity contribution in [3.05, 3.63) is 51.2 Å². The molecule has 5 nitrogen and oxygen atoms in total. The van der Waals surface area contributed by atoms with Gasteiger partial charge in [0.25, 0.3) is 5.91 Å². The first-order valence-electron chi connectivity index (χ1n) is 9.92. The Morgan fingerprint density at radius 2 is 1.86 bits per heavy atom. The van der Waals surface area contributed by atoms with E-state index in [2.05, 4.69) is 32.9 Å². The first-order valence-corrected chi connectivity index (χ1v) is 10.7. The van der Waals surface area contributed by atoms with Gasteiger partial charge in [0.2, 0.25) is 0 Å². The predicted octanol–water partition coefficient (Wildman–Crippen LogP) is 4.27. The predicted molar refractivity (Wildman–Crippen MR) is 111 cm³/mol. The number of ketones is 2. The van der Waals surface area contributed by atoms with Crippen molar-refractivity contribution in [1.29, 1.82) is 0 Å². The molecule has 1 saturated carbocycles. The van der Waals surface area contributed by atoms with Gasteiger partial charge >= 0.3 is 0 Å². The van der Waals surface area contributed by atoms with Gasteiger partial charge in [-0.1, -0.05) is 32.9 Å². The highest BCUT2D eigenvalue weighted by atomic mass is 32.1. The van der Waals surface area contributed by atoms with Crippen LogP contribution in [-0.2, 0) is 28.2 Å². The first kappa shape index (κ1) is 19.8. The summed E-state index contributed by atoms with van der Waals surface area (Å²) >= 11 is 1.56. The smallest absolute Gasteiger partial charge is 0.256 e. The third-order valence-electron chi connectivity index (χ3n) is 5.58. The highest BCUT2D eigenvalue weighted by Crippen LogP contribution is 2.35. The van der Waals surface area contributed by atoms with Gasteiger partial charge in [-0.25, -0.2) is 0 Å². The third-order valence-corrected chi connectivity index (χ3v) is 6.68. The molecule has 1 aromatic carbocycles. The van der Waals surface area contributed by atoms with E-state index in [9.17, 15) is 14.4 Å². The van der Waals surface area contributed by atoms with Crippen molar-refractivity contribution in [3.8, 4) is 5.75 Å². The summed E-state index contributed by atoms with van der Waals surface area (Å²) < 4.78 is 5.90. The summed E-state index contributed by atoms with van der Waals surface area (Å²) in [5, 5.41) is 0. The number of nitrogens with zero attached hydrogens (tertiary/aromatic N) is 1. The molecule has 1 aromatic heterocycles. The molecule has 1 aliphatic carbocycles. The zero-order valence-corrected chi connectivity index (χ0v) is 17.8. The summed E-state index contributed by atoms with van der Waals surface area (Å²) in [6.07, 6.45) is 0.773. The Morgan fingerprint density at radius 1 is 1.14 bits per heavy atom. The van der Waals surface area contributed by atoms with E-state index in [-0.39, 0.29) is 29.3 Å². The van der Waals surface area contributed by atoms with Crippen molar-refractivity contribution in [3.63, 3.8) is 0 Å². The number of thiophene rings is 1. The molecule has 1 amide bonds. The van der Waals surface area contributed by atoms with Crippen molar-refractivity contribution in [2.45, 2.75) is 64.6 Å². The number of hydrogen-bond donors (Lipinski definition) is 0. The fourth-order valence-electron chi connectivity index (χ4n) is 3.88. The van der Waals surface area contributed by atoms with Crippen LogP contribution in [0.25, 0.3) is 0 Å². The van der Waals surface area contributed by atoms with Crippen LogP contribution in [0.15, 0.2) is 30.3 Å². The molecule has 1 atom stereocenters. The van der Waals surface area contributed by atoms with Gasteiger partial charge in [0, 0.05) is 16.2 Å².